The molecule has 0 aromatic carbocycles. The van der Waals surface area contributed by atoms with Crippen LogP contribution in [-0.2, 0) is 0 Å². The van der Waals surface area contributed by atoms with Gasteiger partial charge in [0.2, 0.25) is 0 Å². The standard InChI is InChI=1S/C12H26N2O/c1-3-4-11-5-7-14(8-6-11)12(9-15)10(2)13/h10-12,15H,3-9,13H2,1-2H3. The van der Waals surface area contributed by atoms with Crippen LogP contribution >= 0.6 is 0 Å². The van der Waals surface area contributed by atoms with Crippen LogP contribution < -0.4 is 5.73 Å². The zero-order valence-electron chi connectivity index (χ0n) is 10.2. The van der Waals surface area contributed by atoms with Crippen molar-refractivity contribution in [1.82, 2.24) is 4.90 Å². The van der Waals surface area contributed by atoms with Crippen LogP contribution in [0.15, 0.2) is 0 Å². The Labute approximate surface area is 93.6 Å². The summed E-state index contributed by atoms with van der Waals surface area (Å²) in [6, 6.07) is 0.227. The van der Waals surface area contributed by atoms with Crippen molar-refractivity contribution in [2.24, 2.45) is 11.7 Å². The monoisotopic (exact) mass is 214 g/mol. The molecular weight excluding hydrogens is 188 g/mol. The molecule has 1 aliphatic heterocycles. The minimum Gasteiger partial charge on any atom is -0.395 e. The molecule has 0 spiro atoms. The number of nitrogens with zero attached hydrogens (tertiary/aromatic N) is 1. The first kappa shape index (κ1) is 12.9. The Morgan fingerprint density at radius 3 is 2.40 bits per heavy atom. The molecule has 15 heavy (non-hydrogen) atoms. The fourth-order valence-electron chi connectivity index (χ4n) is 2.60. The lowest BCUT2D eigenvalue weighted by atomic mass is 9.91. The van der Waals surface area contributed by atoms with E-state index in [1.807, 2.05) is 6.92 Å². The molecule has 1 fully saturated rings. The second-order valence-electron chi connectivity index (χ2n) is 4.88. The Morgan fingerprint density at radius 1 is 1.40 bits per heavy atom. The number of rotatable bonds is 5. The van der Waals surface area contributed by atoms with Crippen LogP contribution in [0.3, 0.4) is 0 Å². The van der Waals surface area contributed by atoms with Gasteiger partial charge >= 0.3 is 0 Å². The molecule has 0 aromatic rings. The third kappa shape index (κ3) is 3.74. The fraction of sp³-hybridized carbons (Fsp3) is 1.00. The lowest BCUT2D eigenvalue weighted by Crippen LogP contribution is -2.51. The number of hydrogen-bond donors (Lipinski definition) is 2. The molecule has 0 saturated carbocycles. The van der Waals surface area contributed by atoms with E-state index < -0.39 is 0 Å². The minimum absolute atomic E-state index is 0.0673. The van der Waals surface area contributed by atoms with Crippen molar-refractivity contribution in [2.45, 2.75) is 51.6 Å². The van der Waals surface area contributed by atoms with E-state index in [0.717, 1.165) is 19.0 Å². The summed E-state index contributed by atoms with van der Waals surface area (Å²) in [6.07, 6.45) is 5.20. The summed E-state index contributed by atoms with van der Waals surface area (Å²) < 4.78 is 0. The van der Waals surface area contributed by atoms with Crippen LogP contribution in [0.25, 0.3) is 0 Å². The summed E-state index contributed by atoms with van der Waals surface area (Å²) in [5.74, 6) is 0.902. The molecule has 3 nitrogen and oxygen atoms in total. The summed E-state index contributed by atoms with van der Waals surface area (Å²) in [5.41, 5.74) is 5.87. The van der Waals surface area contributed by atoms with E-state index >= 15 is 0 Å². The highest BCUT2D eigenvalue weighted by Crippen LogP contribution is 2.23. The highest BCUT2D eigenvalue weighted by Gasteiger charge is 2.26. The molecule has 0 radical (unpaired) electrons. The number of nitrogens with two attached hydrogens (primary N) is 1. The molecule has 2 atom stereocenters. The van der Waals surface area contributed by atoms with Gasteiger partial charge in [-0.25, -0.2) is 0 Å². The molecule has 3 heteroatoms. The van der Waals surface area contributed by atoms with Crippen molar-refractivity contribution in [1.29, 1.82) is 0 Å². The van der Waals surface area contributed by atoms with Gasteiger partial charge in [0, 0.05) is 12.1 Å². The van der Waals surface area contributed by atoms with Gasteiger partial charge in [-0.05, 0) is 38.8 Å². The van der Waals surface area contributed by atoms with E-state index in [1.54, 1.807) is 0 Å². The van der Waals surface area contributed by atoms with E-state index in [1.165, 1.54) is 25.7 Å². The normalized spacial score (nSPS) is 24.0. The van der Waals surface area contributed by atoms with Gasteiger partial charge in [-0.2, -0.15) is 0 Å². The maximum Gasteiger partial charge on any atom is 0.0601 e. The molecular formula is C12H26N2O. The van der Waals surface area contributed by atoms with Gasteiger partial charge in [0.05, 0.1) is 6.61 Å². The van der Waals surface area contributed by atoms with Crippen molar-refractivity contribution in [3.8, 4) is 0 Å². The summed E-state index contributed by atoms with van der Waals surface area (Å²) in [7, 11) is 0. The van der Waals surface area contributed by atoms with Gasteiger partial charge in [0.25, 0.3) is 0 Å². The van der Waals surface area contributed by atoms with E-state index in [2.05, 4.69) is 11.8 Å². The van der Waals surface area contributed by atoms with Crippen LogP contribution in [0.1, 0.15) is 39.5 Å². The number of piperidine rings is 1. The van der Waals surface area contributed by atoms with Gasteiger partial charge in [-0.3, -0.25) is 4.90 Å². The highest BCUT2D eigenvalue weighted by atomic mass is 16.3. The second kappa shape index (κ2) is 6.46. The molecule has 0 bridgehead atoms. The zero-order valence-corrected chi connectivity index (χ0v) is 10.2. The van der Waals surface area contributed by atoms with Crippen molar-refractivity contribution in [3.05, 3.63) is 0 Å². The number of hydrogen-bond acceptors (Lipinski definition) is 3. The lowest BCUT2D eigenvalue weighted by molar-refractivity contribution is 0.0732. The molecule has 0 amide bonds. The van der Waals surface area contributed by atoms with Crippen molar-refractivity contribution in [3.63, 3.8) is 0 Å². The third-order valence-corrected chi connectivity index (χ3v) is 3.61. The summed E-state index contributed by atoms with van der Waals surface area (Å²) >= 11 is 0. The van der Waals surface area contributed by atoms with E-state index in [9.17, 15) is 5.11 Å². The first-order chi connectivity index (χ1) is 7.19. The van der Waals surface area contributed by atoms with Gasteiger partial charge < -0.3 is 10.8 Å². The van der Waals surface area contributed by atoms with Crippen molar-refractivity contribution >= 4 is 0 Å². The molecule has 2 unspecified atom stereocenters. The third-order valence-electron chi connectivity index (χ3n) is 3.61. The van der Waals surface area contributed by atoms with Crippen molar-refractivity contribution in [2.75, 3.05) is 19.7 Å². The summed E-state index contributed by atoms with van der Waals surface area (Å²) in [6.45, 7) is 6.65. The Hall–Kier alpha value is -0.120. The molecule has 1 heterocycles. The number of likely N-dealkylation sites (tertiary alicyclic amines) is 1. The van der Waals surface area contributed by atoms with E-state index in [0.29, 0.717) is 0 Å². The molecule has 1 saturated heterocycles. The smallest absolute Gasteiger partial charge is 0.0601 e. The topological polar surface area (TPSA) is 49.5 Å². The van der Waals surface area contributed by atoms with Gasteiger partial charge in [0.15, 0.2) is 0 Å². The Balaban J connectivity index is 2.35. The van der Waals surface area contributed by atoms with Gasteiger partial charge in [0.1, 0.15) is 0 Å². The zero-order chi connectivity index (χ0) is 11.3. The average Bonchev–Trinajstić information content (AvgIpc) is 2.21. The maximum absolute atomic E-state index is 9.30. The molecule has 0 aliphatic carbocycles. The Morgan fingerprint density at radius 2 is 2.00 bits per heavy atom. The predicted molar refractivity (Wildman–Crippen MR) is 63.7 cm³/mol. The summed E-state index contributed by atoms with van der Waals surface area (Å²) in [5, 5.41) is 9.30. The van der Waals surface area contributed by atoms with E-state index in [4.69, 9.17) is 5.73 Å². The Kier molecular flexibility index (Phi) is 5.58. The van der Waals surface area contributed by atoms with Crippen LogP contribution in [0, 0.1) is 5.92 Å². The molecule has 3 N–H and O–H groups in total. The lowest BCUT2D eigenvalue weighted by Gasteiger charge is -2.38. The molecule has 1 aliphatic rings. The van der Waals surface area contributed by atoms with Crippen molar-refractivity contribution < 1.29 is 5.11 Å². The highest BCUT2D eigenvalue weighted by molar-refractivity contribution is 4.82. The van der Waals surface area contributed by atoms with Crippen LogP contribution in [0.5, 0.6) is 0 Å². The first-order valence-corrected chi connectivity index (χ1v) is 6.29. The number of aliphatic hydroxyl groups excluding tert-OH is 1. The second-order valence-corrected chi connectivity index (χ2v) is 4.88. The SMILES string of the molecule is CCCC1CCN(C(CO)C(C)N)CC1. The van der Waals surface area contributed by atoms with E-state index in [-0.39, 0.29) is 18.7 Å². The molecule has 0 aromatic heterocycles. The van der Waals surface area contributed by atoms with Crippen LogP contribution in [0.2, 0.25) is 0 Å². The quantitative estimate of drug-likeness (QED) is 0.723. The molecule has 1 rings (SSSR count). The van der Waals surface area contributed by atoms with Gasteiger partial charge in [-0.1, -0.05) is 19.8 Å². The summed E-state index contributed by atoms with van der Waals surface area (Å²) in [4.78, 5) is 2.36. The average molecular weight is 214 g/mol. The van der Waals surface area contributed by atoms with Crippen LogP contribution in [0.4, 0.5) is 0 Å². The predicted octanol–water partition coefficient (Wildman–Crippen LogP) is 1.21. The largest absolute Gasteiger partial charge is 0.395 e. The Bertz CT molecular complexity index is 165. The number of aliphatic hydroxyl groups is 1. The molecule has 90 valence electrons. The maximum atomic E-state index is 9.30. The van der Waals surface area contributed by atoms with Gasteiger partial charge in [-0.15, -0.1) is 0 Å². The minimum atomic E-state index is 0.0673. The fourth-order valence-corrected chi connectivity index (χ4v) is 2.60. The first-order valence-electron chi connectivity index (χ1n) is 6.29. The van der Waals surface area contributed by atoms with Crippen LogP contribution in [-0.4, -0.2) is 41.8 Å².